The van der Waals surface area contributed by atoms with Crippen LogP contribution in [0.3, 0.4) is 0 Å². The third-order valence-corrected chi connectivity index (χ3v) is 4.18. The minimum atomic E-state index is 0.168. The van der Waals surface area contributed by atoms with Gasteiger partial charge in [-0.05, 0) is 52.1 Å². The first-order valence-corrected chi connectivity index (χ1v) is 7.57. The highest BCUT2D eigenvalue weighted by Crippen LogP contribution is 2.38. The molecule has 0 heterocycles. The van der Waals surface area contributed by atoms with E-state index >= 15 is 0 Å². The van der Waals surface area contributed by atoms with Gasteiger partial charge in [0.1, 0.15) is 0 Å². The highest BCUT2D eigenvalue weighted by molar-refractivity contribution is 5.91. The SMILES string of the molecule is Cc1ccc2c(C(C)(C)C)cc(C(C)(C)C)c(C)c2c1. The lowest BCUT2D eigenvalue weighted by atomic mass is 9.75. The Bertz CT molecular complexity index is 646. The van der Waals surface area contributed by atoms with Crippen LogP contribution in [0.15, 0.2) is 24.3 Å². The van der Waals surface area contributed by atoms with Gasteiger partial charge in [0.2, 0.25) is 0 Å². The summed E-state index contributed by atoms with van der Waals surface area (Å²) in [6.07, 6.45) is 0. The molecule has 0 unspecified atom stereocenters. The fraction of sp³-hybridized carbons (Fsp3) is 0.500. The van der Waals surface area contributed by atoms with Crippen LogP contribution in [0.1, 0.15) is 63.8 Å². The van der Waals surface area contributed by atoms with Gasteiger partial charge in [-0.25, -0.2) is 0 Å². The lowest BCUT2D eigenvalue weighted by molar-refractivity contribution is 0.570. The lowest BCUT2D eigenvalue weighted by Gasteiger charge is -2.29. The number of hydrogen-bond acceptors (Lipinski definition) is 0. The fourth-order valence-corrected chi connectivity index (χ4v) is 3.08. The zero-order chi connectivity index (χ0) is 15.3. The molecule has 0 radical (unpaired) electrons. The average Bonchev–Trinajstić information content (AvgIpc) is 2.26. The minimum absolute atomic E-state index is 0.168. The van der Waals surface area contributed by atoms with E-state index in [-0.39, 0.29) is 10.8 Å². The molecule has 0 heteroatoms. The molecule has 0 aliphatic carbocycles. The molecule has 0 N–H and O–H groups in total. The maximum Gasteiger partial charge on any atom is -0.0126 e. The van der Waals surface area contributed by atoms with E-state index < -0.39 is 0 Å². The van der Waals surface area contributed by atoms with Crippen molar-refractivity contribution in [2.75, 3.05) is 0 Å². The number of fused-ring (bicyclic) bond motifs is 1. The van der Waals surface area contributed by atoms with Crippen LogP contribution in [0.25, 0.3) is 10.8 Å². The molecule has 20 heavy (non-hydrogen) atoms. The van der Waals surface area contributed by atoms with Crippen molar-refractivity contribution in [2.24, 2.45) is 0 Å². The van der Waals surface area contributed by atoms with Gasteiger partial charge in [-0.1, -0.05) is 71.4 Å². The Morgan fingerprint density at radius 1 is 0.650 bits per heavy atom. The molecule has 0 saturated heterocycles. The normalized spacial score (nSPS) is 13.0. The first-order valence-electron chi connectivity index (χ1n) is 7.57. The Labute approximate surface area is 124 Å². The standard InChI is InChI=1S/C20H28/c1-13-9-10-15-16(11-13)14(2)17(19(3,4)5)12-18(15)20(6,7)8/h9-12H,1-8H3. The lowest BCUT2D eigenvalue weighted by Crippen LogP contribution is -2.18. The van der Waals surface area contributed by atoms with Gasteiger partial charge in [0, 0.05) is 0 Å². The molecule has 0 amide bonds. The molecular formula is C20H28. The van der Waals surface area contributed by atoms with Gasteiger partial charge in [0.05, 0.1) is 0 Å². The number of aryl methyl sites for hydroxylation is 2. The zero-order valence-electron chi connectivity index (χ0n) is 14.3. The molecule has 0 aliphatic heterocycles. The summed E-state index contributed by atoms with van der Waals surface area (Å²) in [6, 6.07) is 9.31. The van der Waals surface area contributed by atoms with E-state index in [9.17, 15) is 0 Å². The Hall–Kier alpha value is -1.30. The second kappa shape index (κ2) is 4.62. The molecule has 2 aromatic carbocycles. The van der Waals surface area contributed by atoms with E-state index in [0.29, 0.717) is 0 Å². The maximum atomic E-state index is 2.44. The average molecular weight is 268 g/mol. The molecule has 0 bridgehead atoms. The Kier molecular flexibility index (Phi) is 3.48. The summed E-state index contributed by atoms with van der Waals surface area (Å²) in [6.45, 7) is 18.3. The third kappa shape index (κ3) is 2.61. The van der Waals surface area contributed by atoms with Crippen molar-refractivity contribution < 1.29 is 0 Å². The summed E-state index contributed by atoms with van der Waals surface area (Å²) in [7, 11) is 0. The van der Waals surface area contributed by atoms with Crippen LogP contribution >= 0.6 is 0 Å². The zero-order valence-corrected chi connectivity index (χ0v) is 14.3. The third-order valence-electron chi connectivity index (χ3n) is 4.18. The molecule has 0 saturated carbocycles. The second-order valence-electron chi connectivity index (χ2n) is 8.15. The molecule has 2 aromatic rings. The van der Waals surface area contributed by atoms with Gasteiger partial charge in [0.15, 0.2) is 0 Å². The van der Waals surface area contributed by atoms with E-state index in [1.54, 1.807) is 0 Å². The van der Waals surface area contributed by atoms with Crippen molar-refractivity contribution in [3.05, 3.63) is 46.5 Å². The van der Waals surface area contributed by atoms with E-state index in [1.165, 1.54) is 33.0 Å². The van der Waals surface area contributed by atoms with Crippen LogP contribution in [0.2, 0.25) is 0 Å². The number of hydrogen-bond donors (Lipinski definition) is 0. The van der Waals surface area contributed by atoms with Crippen molar-refractivity contribution in [3.8, 4) is 0 Å². The maximum absolute atomic E-state index is 2.44. The summed E-state index contributed by atoms with van der Waals surface area (Å²) >= 11 is 0. The quantitative estimate of drug-likeness (QED) is 0.545. The Morgan fingerprint density at radius 2 is 1.20 bits per heavy atom. The van der Waals surface area contributed by atoms with Crippen molar-refractivity contribution in [2.45, 2.75) is 66.2 Å². The van der Waals surface area contributed by atoms with Gasteiger partial charge < -0.3 is 0 Å². The van der Waals surface area contributed by atoms with Crippen LogP contribution in [0.4, 0.5) is 0 Å². The van der Waals surface area contributed by atoms with Crippen LogP contribution in [-0.4, -0.2) is 0 Å². The number of benzene rings is 2. The molecule has 0 spiro atoms. The number of rotatable bonds is 0. The summed E-state index contributed by atoms with van der Waals surface area (Å²) in [5, 5.41) is 2.83. The molecule has 0 aliphatic rings. The monoisotopic (exact) mass is 268 g/mol. The molecule has 0 aromatic heterocycles. The molecule has 2 rings (SSSR count). The first kappa shape index (κ1) is 15.1. The molecule has 0 fully saturated rings. The van der Waals surface area contributed by atoms with E-state index in [1.807, 2.05) is 0 Å². The Balaban J connectivity index is 2.96. The van der Waals surface area contributed by atoms with Crippen molar-refractivity contribution >= 4 is 10.8 Å². The van der Waals surface area contributed by atoms with Crippen molar-refractivity contribution in [1.29, 1.82) is 0 Å². The second-order valence-corrected chi connectivity index (χ2v) is 8.15. The predicted molar refractivity (Wildman–Crippen MR) is 90.8 cm³/mol. The van der Waals surface area contributed by atoms with Gasteiger partial charge in [-0.3, -0.25) is 0 Å². The smallest absolute Gasteiger partial charge is 0.0126 e. The Morgan fingerprint density at radius 3 is 1.70 bits per heavy atom. The van der Waals surface area contributed by atoms with Crippen LogP contribution in [0, 0.1) is 13.8 Å². The van der Waals surface area contributed by atoms with Crippen LogP contribution in [0.5, 0.6) is 0 Å². The molecule has 0 atom stereocenters. The van der Waals surface area contributed by atoms with Crippen molar-refractivity contribution in [1.82, 2.24) is 0 Å². The van der Waals surface area contributed by atoms with Gasteiger partial charge in [-0.2, -0.15) is 0 Å². The van der Waals surface area contributed by atoms with Crippen LogP contribution in [-0.2, 0) is 10.8 Å². The summed E-state index contributed by atoms with van der Waals surface area (Å²) in [5.41, 5.74) is 6.06. The topological polar surface area (TPSA) is 0 Å². The highest BCUT2D eigenvalue weighted by atomic mass is 14.3. The van der Waals surface area contributed by atoms with Gasteiger partial charge in [-0.15, -0.1) is 0 Å². The first-order chi connectivity index (χ1) is 9.01. The van der Waals surface area contributed by atoms with Crippen LogP contribution < -0.4 is 0 Å². The van der Waals surface area contributed by atoms with E-state index in [0.717, 1.165) is 0 Å². The largest absolute Gasteiger partial charge is 0.0587 e. The predicted octanol–water partition coefficient (Wildman–Crippen LogP) is 6.05. The minimum Gasteiger partial charge on any atom is -0.0587 e. The summed E-state index contributed by atoms with van der Waals surface area (Å²) < 4.78 is 0. The highest BCUT2D eigenvalue weighted by Gasteiger charge is 2.24. The fourth-order valence-electron chi connectivity index (χ4n) is 3.08. The summed E-state index contributed by atoms with van der Waals surface area (Å²) in [4.78, 5) is 0. The van der Waals surface area contributed by atoms with Gasteiger partial charge >= 0.3 is 0 Å². The summed E-state index contributed by atoms with van der Waals surface area (Å²) in [5.74, 6) is 0. The molecular weight excluding hydrogens is 240 g/mol. The van der Waals surface area contributed by atoms with E-state index in [4.69, 9.17) is 0 Å². The van der Waals surface area contributed by atoms with Crippen molar-refractivity contribution in [3.63, 3.8) is 0 Å². The van der Waals surface area contributed by atoms with E-state index in [2.05, 4.69) is 79.7 Å². The van der Waals surface area contributed by atoms with Gasteiger partial charge in [0.25, 0.3) is 0 Å². The molecule has 0 nitrogen and oxygen atoms in total. The molecule has 108 valence electrons.